The number of nitrogens with zero attached hydrogens (tertiary/aromatic N) is 5. The Kier molecular flexibility index (Phi) is 4.69. The zero-order valence-corrected chi connectivity index (χ0v) is 14.8. The summed E-state index contributed by atoms with van der Waals surface area (Å²) in [6, 6.07) is 0. The maximum atomic E-state index is 11.9. The van der Waals surface area contributed by atoms with E-state index in [2.05, 4.69) is 24.5 Å². The molecule has 7 nitrogen and oxygen atoms in total. The zero-order chi connectivity index (χ0) is 16.4. The Morgan fingerprint density at radius 3 is 2.78 bits per heavy atom. The molecule has 1 fully saturated rings. The highest BCUT2D eigenvalue weighted by molar-refractivity contribution is 7.92. The van der Waals surface area contributed by atoms with Crippen LogP contribution in [0.15, 0.2) is 16.6 Å². The molecular formula is C14H19N5O2S2. The molecule has 0 radical (unpaired) electrons. The van der Waals surface area contributed by atoms with Gasteiger partial charge < -0.3 is 0 Å². The van der Waals surface area contributed by atoms with Crippen molar-refractivity contribution >= 4 is 21.4 Å². The van der Waals surface area contributed by atoms with Crippen LogP contribution in [0.1, 0.15) is 35.8 Å². The maximum absolute atomic E-state index is 11.9. The fraction of sp³-hybridized carbons (Fsp3) is 0.571. The van der Waals surface area contributed by atoms with Crippen molar-refractivity contribution in [2.75, 3.05) is 19.3 Å². The van der Waals surface area contributed by atoms with Crippen molar-refractivity contribution in [3.05, 3.63) is 29.5 Å². The Balaban J connectivity index is 1.74. The van der Waals surface area contributed by atoms with Gasteiger partial charge in [-0.25, -0.2) is 18.4 Å². The minimum atomic E-state index is -3.27. The summed E-state index contributed by atoms with van der Waals surface area (Å²) in [6.45, 7) is 4.39. The van der Waals surface area contributed by atoms with Gasteiger partial charge >= 0.3 is 0 Å². The van der Waals surface area contributed by atoms with Crippen LogP contribution in [-0.4, -0.2) is 52.2 Å². The van der Waals surface area contributed by atoms with Crippen molar-refractivity contribution in [3.8, 4) is 0 Å². The molecule has 1 unspecified atom stereocenters. The van der Waals surface area contributed by atoms with Crippen LogP contribution in [0.4, 0.5) is 0 Å². The summed E-state index contributed by atoms with van der Waals surface area (Å²) in [5.74, 6) is 0.871. The molecule has 0 N–H and O–H groups in total. The number of aryl methyl sites for hydroxylation is 1. The van der Waals surface area contributed by atoms with Gasteiger partial charge in [-0.15, -0.1) is 5.10 Å². The monoisotopic (exact) mass is 353 g/mol. The van der Waals surface area contributed by atoms with Gasteiger partial charge in [0, 0.05) is 54.8 Å². The smallest absolute Gasteiger partial charge is 0.188 e. The van der Waals surface area contributed by atoms with Crippen LogP contribution >= 0.6 is 11.5 Å². The number of hydrogen-bond donors (Lipinski definition) is 0. The van der Waals surface area contributed by atoms with E-state index in [-0.39, 0.29) is 5.92 Å². The van der Waals surface area contributed by atoms with E-state index in [0.717, 1.165) is 55.4 Å². The van der Waals surface area contributed by atoms with Crippen LogP contribution in [0, 0.1) is 6.92 Å². The molecule has 3 heterocycles. The first-order chi connectivity index (χ1) is 10.9. The molecule has 0 spiro atoms. The Bertz CT molecular complexity index is 773. The predicted octanol–water partition coefficient (Wildman–Crippen LogP) is 1.42. The fourth-order valence-electron chi connectivity index (χ4n) is 2.88. The van der Waals surface area contributed by atoms with E-state index in [1.54, 1.807) is 0 Å². The third-order valence-corrected chi connectivity index (χ3v) is 6.50. The molecule has 0 amide bonds. The van der Waals surface area contributed by atoms with Gasteiger partial charge in [0.05, 0.1) is 5.69 Å². The first-order valence-electron chi connectivity index (χ1n) is 7.45. The minimum absolute atomic E-state index is 0.110. The van der Waals surface area contributed by atoms with Crippen LogP contribution < -0.4 is 0 Å². The van der Waals surface area contributed by atoms with Gasteiger partial charge in [0.25, 0.3) is 0 Å². The minimum Gasteiger partial charge on any atom is -0.298 e. The molecular weight excluding hydrogens is 334 g/mol. The van der Waals surface area contributed by atoms with E-state index < -0.39 is 9.84 Å². The Morgan fingerprint density at radius 1 is 1.35 bits per heavy atom. The number of rotatable bonds is 4. The van der Waals surface area contributed by atoms with Crippen molar-refractivity contribution in [2.24, 2.45) is 0 Å². The Hall–Kier alpha value is -1.45. The molecule has 2 aromatic heterocycles. The second-order valence-electron chi connectivity index (χ2n) is 5.93. The van der Waals surface area contributed by atoms with Crippen LogP contribution in [0.2, 0.25) is 0 Å². The third-order valence-electron chi connectivity index (χ3n) is 3.95. The number of aromatic nitrogens is 4. The number of hydrogen-bond acceptors (Lipinski definition) is 8. The van der Waals surface area contributed by atoms with Crippen molar-refractivity contribution in [1.29, 1.82) is 0 Å². The van der Waals surface area contributed by atoms with Crippen molar-refractivity contribution in [3.63, 3.8) is 0 Å². The standard InChI is InChI=1S/C14H19N5O2S2/c1-10-15-6-11(7-16-10)8-19-5-3-4-12(9-19)13-14(22-18-17-13)23(2,20)21/h6-7,12H,3-5,8-9H2,1-2H3. The number of likely N-dealkylation sites (tertiary alicyclic amines) is 1. The molecule has 1 saturated heterocycles. The lowest BCUT2D eigenvalue weighted by molar-refractivity contribution is 0.197. The van der Waals surface area contributed by atoms with Crippen LogP contribution in [0.3, 0.4) is 0 Å². The first-order valence-corrected chi connectivity index (χ1v) is 10.1. The van der Waals surface area contributed by atoms with E-state index >= 15 is 0 Å². The third kappa shape index (κ3) is 3.91. The van der Waals surface area contributed by atoms with E-state index in [9.17, 15) is 8.42 Å². The maximum Gasteiger partial charge on any atom is 0.188 e. The summed E-state index contributed by atoms with van der Waals surface area (Å²) in [6.07, 6.45) is 6.86. The average molecular weight is 353 g/mol. The number of piperidine rings is 1. The topological polar surface area (TPSA) is 88.9 Å². The van der Waals surface area contributed by atoms with Gasteiger partial charge in [0.2, 0.25) is 0 Å². The first kappa shape index (κ1) is 16.4. The molecule has 23 heavy (non-hydrogen) atoms. The second kappa shape index (κ2) is 6.58. The van der Waals surface area contributed by atoms with Crippen molar-refractivity contribution in [1.82, 2.24) is 24.5 Å². The molecule has 1 atom stereocenters. The molecule has 1 aliphatic heterocycles. The highest BCUT2D eigenvalue weighted by atomic mass is 32.2. The molecule has 2 aromatic rings. The van der Waals surface area contributed by atoms with Gasteiger partial charge in [-0.3, -0.25) is 4.90 Å². The molecule has 1 aliphatic rings. The Morgan fingerprint density at radius 2 is 2.09 bits per heavy atom. The predicted molar refractivity (Wildman–Crippen MR) is 87.0 cm³/mol. The lowest BCUT2D eigenvalue weighted by atomic mass is 9.95. The van der Waals surface area contributed by atoms with Gasteiger partial charge in [-0.1, -0.05) is 4.49 Å². The highest BCUT2D eigenvalue weighted by Crippen LogP contribution is 2.32. The summed E-state index contributed by atoms with van der Waals surface area (Å²) in [5, 5.41) is 4.10. The Labute approximate surface area is 139 Å². The van der Waals surface area contributed by atoms with E-state index in [1.807, 2.05) is 19.3 Å². The summed E-state index contributed by atoms with van der Waals surface area (Å²) >= 11 is 0.969. The SMILES string of the molecule is Cc1ncc(CN2CCCC(c3nnsc3S(C)(=O)=O)C2)cn1. The average Bonchev–Trinajstić information content (AvgIpc) is 3.00. The largest absolute Gasteiger partial charge is 0.298 e. The molecule has 0 saturated carbocycles. The molecule has 9 heteroatoms. The van der Waals surface area contributed by atoms with Crippen molar-refractivity contribution in [2.45, 2.75) is 36.4 Å². The fourth-order valence-corrected chi connectivity index (χ4v) is 4.61. The molecule has 3 rings (SSSR count). The normalized spacial score (nSPS) is 19.8. The quantitative estimate of drug-likeness (QED) is 0.821. The second-order valence-corrected chi connectivity index (χ2v) is 8.90. The van der Waals surface area contributed by atoms with Gasteiger partial charge in [0.15, 0.2) is 14.0 Å². The molecule has 124 valence electrons. The molecule has 0 aromatic carbocycles. The highest BCUT2D eigenvalue weighted by Gasteiger charge is 2.29. The van der Waals surface area contributed by atoms with E-state index in [4.69, 9.17) is 0 Å². The van der Waals surface area contributed by atoms with E-state index in [1.165, 1.54) is 6.26 Å². The van der Waals surface area contributed by atoms with Gasteiger partial charge in [-0.05, 0) is 26.3 Å². The van der Waals surface area contributed by atoms with Crippen molar-refractivity contribution < 1.29 is 8.42 Å². The van der Waals surface area contributed by atoms with Gasteiger partial charge in [0.1, 0.15) is 5.82 Å². The lowest BCUT2D eigenvalue weighted by Crippen LogP contribution is -2.34. The lowest BCUT2D eigenvalue weighted by Gasteiger charge is -2.31. The van der Waals surface area contributed by atoms with Crippen LogP contribution in [-0.2, 0) is 16.4 Å². The zero-order valence-electron chi connectivity index (χ0n) is 13.1. The summed E-state index contributed by atoms with van der Waals surface area (Å²) in [5.41, 5.74) is 1.69. The molecule has 0 bridgehead atoms. The number of sulfone groups is 1. The van der Waals surface area contributed by atoms with E-state index in [0.29, 0.717) is 9.90 Å². The molecule has 0 aliphatic carbocycles. The van der Waals surface area contributed by atoms with Crippen LogP contribution in [0.25, 0.3) is 0 Å². The summed E-state index contributed by atoms with van der Waals surface area (Å²) in [7, 11) is -3.27. The van der Waals surface area contributed by atoms with Crippen LogP contribution in [0.5, 0.6) is 0 Å². The summed E-state index contributed by atoms with van der Waals surface area (Å²) in [4.78, 5) is 10.7. The van der Waals surface area contributed by atoms with Gasteiger partial charge in [-0.2, -0.15) is 0 Å². The summed E-state index contributed by atoms with van der Waals surface area (Å²) < 4.78 is 27.9.